The first-order valence-electron chi connectivity index (χ1n) is 6.42. The number of hydrogen-bond donors (Lipinski definition) is 1. The molecule has 0 radical (unpaired) electrons. The van der Waals surface area contributed by atoms with Crippen LogP contribution in [0, 0.1) is 0 Å². The van der Waals surface area contributed by atoms with Gasteiger partial charge in [0.2, 0.25) is 0 Å². The van der Waals surface area contributed by atoms with Crippen LogP contribution in [0.2, 0.25) is 0 Å². The molecule has 0 aliphatic carbocycles. The summed E-state index contributed by atoms with van der Waals surface area (Å²) in [6.07, 6.45) is 2.42. The van der Waals surface area contributed by atoms with E-state index in [4.69, 9.17) is 4.74 Å². The molecule has 92 valence electrons. The SMILES string of the molecule is Brc1cc(C2CCNC2)ccc1C1CCOC1. The molecule has 2 aliphatic rings. The first-order valence-corrected chi connectivity index (χ1v) is 7.21. The highest BCUT2D eigenvalue weighted by Gasteiger charge is 2.22. The van der Waals surface area contributed by atoms with Crippen molar-refractivity contribution in [2.24, 2.45) is 0 Å². The molecule has 1 N–H and O–H groups in total. The standard InChI is InChI=1S/C14H18BrNO/c15-14-7-10(11-3-5-16-8-11)1-2-13(14)12-4-6-17-9-12/h1-2,7,11-12,16H,3-6,8-9H2. The minimum absolute atomic E-state index is 0.583. The molecule has 17 heavy (non-hydrogen) atoms. The second-order valence-electron chi connectivity index (χ2n) is 5.03. The molecule has 1 aromatic rings. The maximum atomic E-state index is 5.47. The van der Waals surface area contributed by atoms with Crippen LogP contribution in [-0.4, -0.2) is 26.3 Å². The Bertz CT molecular complexity index is 395. The van der Waals surface area contributed by atoms with E-state index in [-0.39, 0.29) is 0 Å². The van der Waals surface area contributed by atoms with Gasteiger partial charge in [0.25, 0.3) is 0 Å². The fourth-order valence-electron chi connectivity index (χ4n) is 2.85. The summed E-state index contributed by atoms with van der Waals surface area (Å²) in [6.45, 7) is 4.06. The molecule has 0 amide bonds. The molecule has 2 unspecified atom stereocenters. The Labute approximate surface area is 111 Å². The van der Waals surface area contributed by atoms with Crippen LogP contribution in [0.15, 0.2) is 22.7 Å². The summed E-state index contributed by atoms with van der Waals surface area (Å²) in [5.74, 6) is 1.28. The Morgan fingerprint density at radius 2 is 2.18 bits per heavy atom. The van der Waals surface area contributed by atoms with Gasteiger partial charge in [-0.15, -0.1) is 0 Å². The minimum atomic E-state index is 0.583. The van der Waals surface area contributed by atoms with E-state index >= 15 is 0 Å². The maximum absolute atomic E-state index is 5.47. The van der Waals surface area contributed by atoms with Gasteiger partial charge in [0, 0.05) is 23.5 Å². The van der Waals surface area contributed by atoms with Gasteiger partial charge < -0.3 is 10.1 Å². The van der Waals surface area contributed by atoms with Crippen molar-refractivity contribution >= 4 is 15.9 Å². The summed E-state index contributed by atoms with van der Waals surface area (Å²) in [5.41, 5.74) is 2.88. The van der Waals surface area contributed by atoms with E-state index in [1.165, 1.54) is 22.0 Å². The van der Waals surface area contributed by atoms with Gasteiger partial charge >= 0.3 is 0 Å². The van der Waals surface area contributed by atoms with E-state index in [9.17, 15) is 0 Å². The van der Waals surface area contributed by atoms with Gasteiger partial charge in [0.05, 0.1) is 6.61 Å². The Morgan fingerprint density at radius 1 is 1.24 bits per heavy atom. The van der Waals surface area contributed by atoms with Crippen LogP contribution in [0.5, 0.6) is 0 Å². The van der Waals surface area contributed by atoms with Gasteiger partial charge in [-0.25, -0.2) is 0 Å². The predicted molar refractivity (Wildman–Crippen MR) is 72.5 cm³/mol. The van der Waals surface area contributed by atoms with Crippen LogP contribution >= 0.6 is 15.9 Å². The summed E-state index contributed by atoms with van der Waals surface area (Å²) in [5, 5.41) is 3.42. The molecule has 2 aliphatic heterocycles. The highest BCUT2D eigenvalue weighted by atomic mass is 79.9. The van der Waals surface area contributed by atoms with E-state index in [0.717, 1.165) is 32.7 Å². The third-order valence-corrected chi connectivity index (χ3v) is 4.61. The van der Waals surface area contributed by atoms with Crippen LogP contribution in [0.4, 0.5) is 0 Å². The van der Waals surface area contributed by atoms with E-state index in [1.807, 2.05) is 0 Å². The topological polar surface area (TPSA) is 21.3 Å². The van der Waals surface area contributed by atoms with E-state index in [1.54, 1.807) is 0 Å². The normalized spacial score (nSPS) is 28.8. The van der Waals surface area contributed by atoms with Crippen molar-refractivity contribution < 1.29 is 4.74 Å². The lowest BCUT2D eigenvalue weighted by atomic mass is 9.93. The molecule has 0 bridgehead atoms. The quantitative estimate of drug-likeness (QED) is 0.906. The molecule has 0 saturated carbocycles. The van der Waals surface area contributed by atoms with Crippen molar-refractivity contribution in [1.82, 2.24) is 5.32 Å². The second-order valence-corrected chi connectivity index (χ2v) is 5.89. The van der Waals surface area contributed by atoms with Crippen LogP contribution in [0.3, 0.4) is 0 Å². The molecule has 3 heteroatoms. The average Bonchev–Trinajstić information content (AvgIpc) is 3.02. The summed E-state index contributed by atoms with van der Waals surface area (Å²) < 4.78 is 6.73. The zero-order chi connectivity index (χ0) is 11.7. The van der Waals surface area contributed by atoms with E-state index in [0.29, 0.717) is 11.8 Å². The molecule has 2 saturated heterocycles. The molecule has 2 atom stereocenters. The average molecular weight is 296 g/mol. The molecule has 2 heterocycles. The lowest BCUT2D eigenvalue weighted by Gasteiger charge is -2.14. The lowest BCUT2D eigenvalue weighted by molar-refractivity contribution is 0.194. The van der Waals surface area contributed by atoms with Gasteiger partial charge in [0.15, 0.2) is 0 Å². The van der Waals surface area contributed by atoms with Gasteiger partial charge in [-0.05, 0) is 42.5 Å². The molecular formula is C14H18BrNO. The molecule has 2 nitrogen and oxygen atoms in total. The summed E-state index contributed by atoms with van der Waals surface area (Å²) in [6, 6.07) is 6.90. The molecule has 0 aromatic heterocycles. The summed E-state index contributed by atoms with van der Waals surface area (Å²) in [7, 11) is 0. The van der Waals surface area contributed by atoms with Crippen molar-refractivity contribution in [3.63, 3.8) is 0 Å². The van der Waals surface area contributed by atoms with Crippen molar-refractivity contribution in [2.45, 2.75) is 24.7 Å². The lowest BCUT2D eigenvalue weighted by Crippen LogP contribution is -2.08. The number of nitrogens with one attached hydrogen (secondary N) is 1. The van der Waals surface area contributed by atoms with Crippen molar-refractivity contribution in [3.05, 3.63) is 33.8 Å². The van der Waals surface area contributed by atoms with Gasteiger partial charge in [-0.3, -0.25) is 0 Å². The molecule has 3 rings (SSSR count). The monoisotopic (exact) mass is 295 g/mol. The fraction of sp³-hybridized carbons (Fsp3) is 0.571. The minimum Gasteiger partial charge on any atom is -0.381 e. The van der Waals surface area contributed by atoms with Crippen LogP contribution in [0.25, 0.3) is 0 Å². The number of ether oxygens (including phenoxy) is 1. The van der Waals surface area contributed by atoms with Crippen LogP contribution in [0.1, 0.15) is 35.8 Å². The largest absolute Gasteiger partial charge is 0.381 e. The molecule has 0 spiro atoms. The van der Waals surface area contributed by atoms with Crippen LogP contribution < -0.4 is 5.32 Å². The highest BCUT2D eigenvalue weighted by molar-refractivity contribution is 9.10. The van der Waals surface area contributed by atoms with Crippen LogP contribution in [-0.2, 0) is 4.74 Å². The van der Waals surface area contributed by atoms with Gasteiger partial charge in [-0.1, -0.05) is 28.1 Å². The van der Waals surface area contributed by atoms with Crippen molar-refractivity contribution in [1.29, 1.82) is 0 Å². The second kappa shape index (κ2) is 5.09. The maximum Gasteiger partial charge on any atom is 0.0535 e. The number of halogens is 1. The van der Waals surface area contributed by atoms with Crippen molar-refractivity contribution in [2.75, 3.05) is 26.3 Å². The Kier molecular flexibility index (Phi) is 3.50. The zero-order valence-electron chi connectivity index (χ0n) is 9.92. The molecule has 1 aromatic carbocycles. The Hall–Kier alpha value is -0.380. The Morgan fingerprint density at radius 3 is 2.82 bits per heavy atom. The first-order chi connectivity index (χ1) is 8.34. The van der Waals surface area contributed by atoms with Gasteiger partial charge in [-0.2, -0.15) is 0 Å². The molecular weight excluding hydrogens is 278 g/mol. The summed E-state index contributed by atoms with van der Waals surface area (Å²) >= 11 is 3.73. The molecule has 2 fully saturated rings. The number of benzene rings is 1. The van der Waals surface area contributed by atoms with E-state index < -0.39 is 0 Å². The first kappa shape index (κ1) is 11.7. The number of rotatable bonds is 2. The summed E-state index contributed by atoms with van der Waals surface area (Å²) in [4.78, 5) is 0. The predicted octanol–water partition coefficient (Wildman–Crippen LogP) is 3.03. The van der Waals surface area contributed by atoms with E-state index in [2.05, 4.69) is 39.4 Å². The third kappa shape index (κ3) is 2.42. The Balaban J connectivity index is 1.82. The highest BCUT2D eigenvalue weighted by Crippen LogP contribution is 2.34. The van der Waals surface area contributed by atoms with Gasteiger partial charge in [0.1, 0.15) is 0 Å². The fourth-order valence-corrected chi connectivity index (χ4v) is 3.57. The van der Waals surface area contributed by atoms with Crippen molar-refractivity contribution in [3.8, 4) is 0 Å². The number of hydrogen-bond acceptors (Lipinski definition) is 2. The third-order valence-electron chi connectivity index (χ3n) is 3.93. The smallest absolute Gasteiger partial charge is 0.0535 e. The zero-order valence-corrected chi connectivity index (χ0v) is 11.5.